The van der Waals surface area contributed by atoms with Crippen molar-refractivity contribution in [2.45, 2.75) is 31.2 Å². The van der Waals surface area contributed by atoms with Gasteiger partial charge in [-0.1, -0.05) is 25.8 Å². The van der Waals surface area contributed by atoms with Gasteiger partial charge in [0.05, 0.1) is 29.5 Å². The quantitative estimate of drug-likeness (QED) is 0.568. The Bertz CT molecular complexity index is 979. The molecule has 1 aromatic carbocycles. The number of rotatable bonds is 9. The van der Waals surface area contributed by atoms with E-state index in [4.69, 9.17) is 6.42 Å². The van der Waals surface area contributed by atoms with Crippen LogP contribution in [-0.4, -0.2) is 75.7 Å². The highest BCUT2D eigenvalue weighted by Gasteiger charge is 2.32. The number of amides is 1. The molecule has 0 spiro atoms. The van der Waals surface area contributed by atoms with E-state index < -0.39 is 19.9 Å². The van der Waals surface area contributed by atoms with Crippen molar-refractivity contribution in [2.75, 3.05) is 43.0 Å². The lowest BCUT2D eigenvalue weighted by Gasteiger charge is -2.25. The SMILES string of the molecule is C#CCN(CC(=O)Nc1cccc(S(=O)(=O)N(CC)CC)c1)C1CCS(=O)(=O)C1. The average molecular weight is 442 g/mol. The molecule has 8 nitrogen and oxygen atoms in total. The number of anilines is 1. The van der Waals surface area contributed by atoms with Gasteiger partial charge in [0, 0.05) is 24.8 Å². The maximum atomic E-state index is 12.7. The van der Waals surface area contributed by atoms with Gasteiger partial charge in [-0.15, -0.1) is 6.42 Å². The highest BCUT2D eigenvalue weighted by molar-refractivity contribution is 7.91. The van der Waals surface area contributed by atoms with E-state index in [2.05, 4.69) is 11.2 Å². The third-order valence-corrected chi connectivity index (χ3v) is 8.62. The molecule has 1 aliphatic heterocycles. The number of sulfone groups is 1. The first-order valence-corrected chi connectivity index (χ1v) is 12.7. The fraction of sp³-hybridized carbons (Fsp3) is 0.526. The van der Waals surface area contributed by atoms with Crippen LogP contribution in [-0.2, 0) is 24.7 Å². The van der Waals surface area contributed by atoms with E-state index in [1.807, 2.05) is 0 Å². The van der Waals surface area contributed by atoms with Crippen LogP contribution in [0.25, 0.3) is 0 Å². The van der Waals surface area contributed by atoms with Gasteiger partial charge in [-0.05, 0) is 24.6 Å². The maximum Gasteiger partial charge on any atom is 0.243 e. The van der Waals surface area contributed by atoms with Crippen molar-refractivity contribution in [3.8, 4) is 12.3 Å². The lowest BCUT2D eigenvalue weighted by atomic mass is 10.2. The van der Waals surface area contributed by atoms with Crippen LogP contribution in [0.15, 0.2) is 29.2 Å². The van der Waals surface area contributed by atoms with Crippen LogP contribution >= 0.6 is 0 Å². The van der Waals surface area contributed by atoms with E-state index >= 15 is 0 Å². The Morgan fingerprint density at radius 3 is 2.55 bits per heavy atom. The van der Waals surface area contributed by atoms with E-state index in [0.29, 0.717) is 25.2 Å². The van der Waals surface area contributed by atoms with Gasteiger partial charge >= 0.3 is 0 Å². The van der Waals surface area contributed by atoms with E-state index in [1.54, 1.807) is 30.9 Å². The standard InChI is InChI=1S/C19H27N3O5S2/c1-4-11-21(17-10-12-28(24,25)15-17)14-19(23)20-16-8-7-9-18(13-16)29(26,27)22(5-2)6-3/h1,7-9,13,17H,5-6,10-12,14-15H2,2-3H3,(H,20,23). The maximum absolute atomic E-state index is 12.7. The van der Waals surface area contributed by atoms with Crippen molar-refractivity contribution in [3.63, 3.8) is 0 Å². The molecule has 1 amide bonds. The molecule has 1 atom stereocenters. The lowest BCUT2D eigenvalue weighted by Crippen LogP contribution is -2.41. The fourth-order valence-electron chi connectivity index (χ4n) is 3.33. The molecule has 0 saturated carbocycles. The second-order valence-electron chi connectivity index (χ2n) is 6.83. The largest absolute Gasteiger partial charge is 0.325 e. The van der Waals surface area contributed by atoms with E-state index in [1.165, 1.54) is 16.4 Å². The Labute approximate surface area is 173 Å². The van der Waals surface area contributed by atoms with Gasteiger partial charge in [-0.3, -0.25) is 9.69 Å². The van der Waals surface area contributed by atoms with Gasteiger partial charge in [-0.2, -0.15) is 4.31 Å². The number of terminal acetylenes is 1. The zero-order valence-corrected chi connectivity index (χ0v) is 18.3. The molecular weight excluding hydrogens is 414 g/mol. The number of hydrogen-bond acceptors (Lipinski definition) is 6. The molecule has 1 fully saturated rings. The molecule has 1 saturated heterocycles. The zero-order valence-electron chi connectivity index (χ0n) is 16.7. The third kappa shape index (κ3) is 6.02. The van der Waals surface area contributed by atoms with Crippen molar-refractivity contribution in [2.24, 2.45) is 0 Å². The van der Waals surface area contributed by atoms with Crippen LogP contribution in [0, 0.1) is 12.3 Å². The minimum atomic E-state index is -3.64. The molecule has 160 valence electrons. The molecule has 1 heterocycles. The first-order chi connectivity index (χ1) is 13.6. The number of carbonyl (C=O) groups is 1. The summed E-state index contributed by atoms with van der Waals surface area (Å²) < 4.78 is 50.1. The highest BCUT2D eigenvalue weighted by Crippen LogP contribution is 2.20. The van der Waals surface area contributed by atoms with Crippen molar-refractivity contribution < 1.29 is 21.6 Å². The Balaban J connectivity index is 2.11. The van der Waals surface area contributed by atoms with Crippen LogP contribution < -0.4 is 5.32 Å². The predicted octanol–water partition coefficient (Wildman–Crippen LogP) is 0.778. The van der Waals surface area contributed by atoms with Gasteiger partial charge in [-0.25, -0.2) is 16.8 Å². The summed E-state index contributed by atoms with van der Waals surface area (Å²) in [4.78, 5) is 14.3. The van der Waals surface area contributed by atoms with Gasteiger partial charge < -0.3 is 5.32 Å². The van der Waals surface area contributed by atoms with Gasteiger partial charge in [0.1, 0.15) is 0 Å². The summed E-state index contributed by atoms with van der Waals surface area (Å²) >= 11 is 0. The summed E-state index contributed by atoms with van der Waals surface area (Å²) in [5.74, 6) is 2.15. The molecule has 1 aromatic rings. The van der Waals surface area contributed by atoms with Crippen LogP contribution in [0.5, 0.6) is 0 Å². The second-order valence-corrected chi connectivity index (χ2v) is 11.0. The summed E-state index contributed by atoms with van der Waals surface area (Å²) in [6, 6.07) is 5.77. The summed E-state index contributed by atoms with van der Waals surface area (Å²) in [6.45, 7) is 4.30. The van der Waals surface area contributed by atoms with Crippen LogP contribution in [0.3, 0.4) is 0 Å². The summed E-state index contributed by atoms with van der Waals surface area (Å²) in [6.07, 6.45) is 5.81. The van der Waals surface area contributed by atoms with Gasteiger partial charge in [0.15, 0.2) is 9.84 Å². The lowest BCUT2D eigenvalue weighted by molar-refractivity contribution is -0.117. The first-order valence-electron chi connectivity index (χ1n) is 9.41. The molecule has 0 bridgehead atoms. The average Bonchev–Trinajstić information content (AvgIpc) is 3.02. The van der Waals surface area contributed by atoms with E-state index in [-0.39, 0.29) is 41.4 Å². The summed E-state index contributed by atoms with van der Waals surface area (Å²) in [5, 5.41) is 2.68. The molecule has 0 aromatic heterocycles. The van der Waals surface area contributed by atoms with Crippen molar-refractivity contribution in [1.29, 1.82) is 0 Å². The number of carbonyl (C=O) groups excluding carboxylic acids is 1. The number of hydrogen-bond donors (Lipinski definition) is 1. The normalized spacial score (nSPS) is 18.7. The van der Waals surface area contributed by atoms with Crippen molar-refractivity contribution in [3.05, 3.63) is 24.3 Å². The molecule has 2 rings (SSSR count). The van der Waals surface area contributed by atoms with E-state index in [9.17, 15) is 21.6 Å². The minimum absolute atomic E-state index is 0.0143. The molecular formula is C19H27N3O5S2. The van der Waals surface area contributed by atoms with Gasteiger partial charge in [0.2, 0.25) is 15.9 Å². The predicted molar refractivity (Wildman–Crippen MR) is 113 cm³/mol. The number of sulfonamides is 1. The number of nitrogens with zero attached hydrogens (tertiary/aromatic N) is 2. The smallest absolute Gasteiger partial charge is 0.243 e. The third-order valence-electron chi connectivity index (χ3n) is 4.83. The van der Waals surface area contributed by atoms with Crippen LogP contribution in [0.4, 0.5) is 5.69 Å². The Morgan fingerprint density at radius 2 is 2.00 bits per heavy atom. The molecule has 0 aliphatic carbocycles. The van der Waals surface area contributed by atoms with Crippen molar-refractivity contribution >= 4 is 31.5 Å². The van der Waals surface area contributed by atoms with Gasteiger partial charge in [0.25, 0.3) is 0 Å². The minimum Gasteiger partial charge on any atom is -0.325 e. The topological polar surface area (TPSA) is 104 Å². The monoisotopic (exact) mass is 441 g/mol. The molecule has 0 radical (unpaired) electrons. The number of nitrogens with one attached hydrogen (secondary N) is 1. The Hall–Kier alpha value is -1.93. The molecule has 29 heavy (non-hydrogen) atoms. The van der Waals surface area contributed by atoms with Crippen LogP contribution in [0.2, 0.25) is 0 Å². The highest BCUT2D eigenvalue weighted by atomic mass is 32.2. The van der Waals surface area contributed by atoms with E-state index in [0.717, 1.165) is 0 Å². The molecule has 1 N–H and O–H groups in total. The molecule has 1 aliphatic rings. The summed E-state index contributed by atoms with van der Waals surface area (Å²) in [7, 11) is -6.74. The Kier molecular flexibility index (Phi) is 7.82. The number of benzene rings is 1. The Morgan fingerprint density at radius 1 is 1.31 bits per heavy atom. The summed E-state index contributed by atoms with van der Waals surface area (Å²) in [5.41, 5.74) is 0.350. The molecule has 1 unspecified atom stereocenters. The fourth-order valence-corrected chi connectivity index (χ4v) is 6.59. The second kappa shape index (κ2) is 9.71. The van der Waals surface area contributed by atoms with Crippen LogP contribution in [0.1, 0.15) is 20.3 Å². The molecule has 10 heteroatoms. The van der Waals surface area contributed by atoms with Crippen molar-refractivity contribution in [1.82, 2.24) is 9.21 Å². The first kappa shape index (κ1) is 23.3. The zero-order chi connectivity index (χ0) is 21.7.